The lowest BCUT2D eigenvalue weighted by molar-refractivity contribution is -0.130. The highest BCUT2D eigenvalue weighted by Gasteiger charge is 2.30. The summed E-state index contributed by atoms with van der Waals surface area (Å²) in [6, 6.07) is 12.6. The summed E-state index contributed by atoms with van der Waals surface area (Å²) in [5.74, 6) is -1.34. The number of amides is 1. The quantitative estimate of drug-likeness (QED) is 0.464. The minimum atomic E-state index is -0.801. The van der Waals surface area contributed by atoms with Gasteiger partial charge in [-0.15, -0.1) is 0 Å². The topological polar surface area (TPSA) is 69.5 Å². The van der Waals surface area contributed by atoms with Crippen LogP contribution in [0.2, 0.25) is 0 Å². The SMILES string of the molecule is Cn1ccc(-c2ccc(OC[C@@H]3CN(c4ccc(F)cc4F)C(=O)CO3)c3ncccc23)n1. The van der Waals surface area contributed by atoms with Gasteiger partial charge in [0.25, 0.3) is 5.91 Å². The van der Waals surface area contributed by atoms with Crippen molar-refractivity contribution in [3.8, 4) is 17.0 Å². The molecule has 0 N–H and O–H groups in total. The summed E-state index contributed by atoms with van der Waals surface area (Å²) in [6.45, 7) is -0.0115. The third-order valence-electron chi connectivity index (χ3n) is 5.48. The maximum absolute atomic E-state index is 14.2. The van der Waals surface area contributed by atoms with Crippen LogP contribution in [0.5, 0.6) is 5.75 Å². The third-order valence-corrected chi connectivity index (χ3v) is 5.48. The van der Waals surface area contributed by atoms with E-state index in [1.165, 1.54) is 11.0 Å². The van der Waals surface area contributed by atoms with Gasteiger partial charge in [0.15, 0.2) is 0 Å². The van der Waals surface area contributed by atoms with Gasteiger partial charge in [-0.3, -0.25) is 14.5 Å². The summed E-state index contributed by atoms with van der Waals surface area (Å²) in [5.41, 5.74) is 2.45. The number of carbonyl (C=O) groups excluding carboxylic acids is 1. The van der Waals surface area contributed by atoms with E-state index >= 15 is 0 Å². The van der Waals surface area contributed by atoms with Crippen molar-refractivity contribution in [1.29, 1.82) is 0 Å². The van der Waals surface area contributed by atoms with Crippen molar-refractivity contribution < 1.29 is 23.0 Å². The van der Waals surface area contributed by atoms with E-state index in [2.05, 4.69) is 10.1 Å². The number of aryl methyl sites for hydroxylation is 1. The van der Waals surface area contributed by atoms with Gasteiger partial charge in [0.05, 0.1) is 17.9 Å². The molecule has 9 heteroatoms. The Labute approximate surface area is 188 Å². The molecule has 1 aliphatic rings. The largest absolute Gasteiger partial charge is 0.489 e. The molecule has 2 aromatic heterocycles. The van der Waals surface area contributed by atoms with Gasteiger partial charge < -0.3 is 14.4 Å². The molecule has 0 radical (unpaired) electrons. The lowest BCUT2D eigenvalue weighted by Gasteiger charge is -2.32. The first-order valence-electron chi connectivity index (χ1n) is 10.4. The van der Waals surface area contributed by atoms with Crippen molar-refractivity contribution in [2.75, 3.05) is 24.7 Å². The number of anilines is 1. The minimum absolute atomic E-state index is 0.0153. The first-order valence-corrected chi connectivity index (χ1v) is 10.4. The van der Waals surface area contributed by atoms with E-state index < -0.39 is 23.6 Å². The van der Waals surface area contributed by atoms with E-state index in [0.29, 0.717) is 11.3 Å². The second-order valence-corrected chi connectivity index (χ2v) is 7.73. The van der Waals surface area contributed by atoms with E-state index in [4.69, 9.17) is 9.47 Å². The molecule has 1 amide bonds. The van der Waals surface area contributed by atoms with Crippen LogP contribution in [0.15, 0.2) is 60.9 Å². The molecule has 0 unspecified atom stereocenters. The number of pyridine rings is 1. The summed E-state index contributed by atoms with van der Waals surface area (Å²) in [4.78, 5) is 18.0. The number of morpholine rings is 1. The molecular formula is C24H20F2N4O3. The average molecular weight is 450 g/mol. The monoisotopic (exact) mass is 450 g/mol. The fourth-order valence-electron chi connectivity index (χ4n) is 3.89. The van der Waals surface area contributed by atoms with Crippen LogP contribution < -0.4 is 9.64 Å². The molecule has 2 aromatic carbocycles. The van der Waals surface area contributed by atoms with Crippen LogP contribution >= 0.6 is 0 Å². The van der Waals surface area contributed by atoms with Gasteiger partial charge in [0.2, 0.25) is 0 Å². The highest BCUT2D eigenvalue weighted by atomic mass is 19.1. The third kappa shape index (κ3) is 4.14. The van der Waals surface area contributed by atoms with Gasteiger partial charge in [-0.1, -0.05) is 6.07 Å². The number of ether oxygens (including phenoxy) is 2. The highest BCUT2D eigenvalue weighted by Crippen LogP contribution is 2.33. The molecule has 168 valence electrons. The van der Waals surface area contributed by atoms with Crippen LogP contribution in [0.25, 0.3) is 22.2 Å². The number of benzene rings is 2. The smallest absolute Gasteiger partial charge is 0.253 e. The summed E-state index contributed by atoms with van der Waals surface area (Å²) in [7, 11) is 1.86. The number of rotatable bonds is 5. The average Bonchev–Trinajstić information content (AvgIpc) is 3.24. The van der Waals surface area contributed by atoms with Crippen LogP contribution in [0.1, 0.15) is 0 Å². The van der Waals surface area contributed by atoms with Gasteiger partial charge in [-0.25, -0.2) is 8.78 Å². The molecule has 1 aliphatic heterocycles. The number of aromatic nitrogens is 3. The van der Waals surface area contributed by atoms with Gasteiger partial charge in [0.1, 0.15) is 42.2 Å². The Kier molecular flexibility index (Phi) is 5.47. The summed E-state index contributed by atoms with van der Waals surface area (Å²) in [5, 5.41) is 5.37. The number of halogens is 2. The molecule has 0 spiro atoms. The Hall–Kier alpha value is -3.85. The fourth-order valence-corrected chi connectivity index (χ4v) is 3.89. The van der Waals surface area contributed by atoms with E-state index in [1.807, 2.05) is 43.6 Å². The zero-order chi connectivity index (χ0) is 22.9. The molecule has 3 heterocycles. The molecule has 5 rings (SSSR count). The number of hydrogen-bond acceptors (Lipinski definition) is 5. The summed E-state index contributed by atoms with van der Waals surface area (Å²) in [6.07, 6.45) is 3.06. The first kappa shape index (κ1) is 21.0. The molecule has 1 saturated heterocycles. The second kappa shape index (κ2) is 8.59. The van der Waals surface area contributed by atoms with E-state index in [9.17, 15) is 13.6 Å². The molecule has 7 nitrogen and oxygen atoms in total. The molecule has 0 aliphatic carbocycles. The normalized spacial score (nSPS) is 16.4. The molecule has 33 heavy (non-hydrogen) atoms. The van der Waals surface area contributed by atoms with Crippen molar-refractivity contribution in [1.82, 2.24) is 14.8 Å². The van der Waals surface area contributed by atoms with Gasteiger partial charge in [-0.05, 0) is 36.4 Å². The number of fused-ring (bicyclic) bond motifs is 1. The summed E-state index contributed by atoms with van der Waals surface area (Å²) >= 11 is 0. The molecule has 4 aromatic rings. The van der Waals surface area contributed by atoms with Crippen LogP contribution in [0.4, 0.5) is 14.5 Å². The lowest BCUT2D eigenvalue weighted by Crippen LogP contribution is -2.49. The zero-order valence-corrected chi connectivity index (χ0v) is 17.7. The van der Waals surface area contributed by atoms with Crippen LogP contribution in [-0.2, 0) is 16.6 Å². The molecule has 1 fully saturated rings. The zero-order valence-electron chi connectivity index (χ0n) is 17.7. The van der Waals surface area contributed by atoms with Crippen molar-refractivity contribution in [2.45, 2.75) is 6.10 Å². The Morgan fingerprint density at radius 2 is 2.06 bits per heavy atom. The van der Waals surface area contributed by atoms with Crippen LogP contribution in [0.3, 0.4) is 0 Å². The van der Waals surface area contributed by atoms with Gasteiger partial charge in [-0.2, -0.15) is 5.10 Å². The van der Waals surface area contributed by atoms with Crippen molar-refractivity contribution in [3.63, 3.8) is 0 Å². The van der Waals surface area contributed by atoms with Gasteiger partial charge in [0, 0.05) is 36.5 Å². The Bertz CT molecular complexity index is 1340. The fraction of sp³-hybridized carbons (Fsp3) is 0.208. The lowest BCUT2D eigenvalue weighted by atomic mass is 10.1. The van der Waals surface area contributed by atoms with Gasteiger partial charge >= 0.3 is 0 Å². The number of nitrogens with zero attached hydrogens (tertiary/aromatic N) is 4. The van der Waals surface area contributed by atoms with Crippen molar-refractivity contribution in [3.05, 3.63) is 72.6 Å². The number of carbonyl (C=O) groups is 1. The molecule has 0 saturated carbocycles. The van der Waals surface area contributed by atoms with Crippen molar-refractivity contribution >= 4 is 22.5 Å². The molecular weight excluding hydrogens is 430 g/mol. The standard InChI is InChI=1S/C24H20F2N4O3/c1-29-10-8-20(28-29)17-5-7-22(24-18(17)3-2-9-27-24)33-13-16-12-30(23(31)14-32-16)21-6-4-15(25)11-19(21)26/h2-11,16H,12-14H2,1H3/t16-/m0/s1. The number of hydrogen-bond donors (Lipinski definition) is 0. The van der Waals surface area contributed by atoms with E-state index in [0.717, 1.165) is 28.8 Å². The highest BCUT2D eigenvalue weighted by molar-refractivity contribution is 5.97. The Morgan fingerprint density at radius 1 is 1.18 bits per heavy atom. The Balaban J connectivity index is 1.36. The first-order chi connectivity index (χ1) is 16.0. The molecule has 1 atom stereocenters. The minimum Gasteiger partial charge on any atom is -0.489 e. The van der Waals surface area contributed by atoms with E-state index in [-0.39, 0.29) is 25.4 Å². The Morgan fingerprint density at radius 3 is 2.85 bits per heavy atom. The van der Waals surface area contributed by atoms with E-state index in [1.54, 1.807) is 10.9 Å². The predicted molar refractivity (Wildman–Crippen MR) is 118 cm³/mol. The molecule has 0 bridgehead atoms. The van der Waals surface area contributed by atoms with Crippen LogP contribution in [0, 0.1) is 11.6 Å². The van der Waals surface area contributed by atoms with Crippen molar-refractivity contribution in [2.24, 2.45) is 7.05 Å². The maximum atomic E-state index is 14.2. The second-order valence-electron chi connectivity index (χ2n) is 7.73. The summed E-state index contributed by atoms with van der Waals surface area (Å²) < 4.78 is 40.8. The predicted octanol–water partition coefficient (Wildman–Crippen LogP) is 3.72. The maximum Gasteiger partial charge on any atom is 0.253 e. The van der Waals surface area contributed by atoms with Crippen LogP contribution in [-0.4, -0.2) is 46.5 Å².